The number of rotatable bonds is 5. The van der Waals surface area contributed by atoms with Crippen LogP contribution < -0.4 is 16.2 Å². The van der Waals surface area contributed by atoms with E-state index < -0.39 is 17.2 Å². The summed E-state index contributed by atoms with van der Waals surface area (Å²) < 4.78 is 33.1. The van der Waals surface area contributed by atoms with E-state index in [1.54, 1.807) is 6.20 Å². The molecule has 42 heavy (non-hydrogen) atoms. The number of pyridine rings is 2. The second-order valence-electron chi connectivity index (χ2n) is 9.67. The molecule has 4 N–H and O–H groups in total. The number of nitrogens with two attached hydrogens (primary N) is 1. The molecule has 1 aliphatic heterocycles. The third kappa shape index (κ3) is 5.24. The zero-order valence-corrected chi connectivity index (χ0v) is 21.9. The zero-order valence-electron chi connectivity index (χ0n) is 21.9. The van der Waals surface area contributed by atoms with E-state index in [4.69, 9.17) is 10.2 Å². The van der Waals surface area contributed by atoms with Crippen LogP contribution in [0.3, 0.4) is 0 Å². The van der Waals surface area contributed by atoms with Gasteiger partial charge in [0.1, 0.15) is 34.8 Å². The van der Waals surface area contributed by atoms with E-state index in [1.165, 1.54) is 12.4 Å². The minimum Gasteiger partial charge on any atom is -0.404 e. The van der Waals surface area contributed by atoms with Crippen molar-refractivity contribution >= 4 is 34.0 Å². The molecule has 0 bridgehead atoms. The van der Waals surface area contributed by atoms with Crippen molar-refractivity contribution < 1.29 is 13.2 Å². The molecule has 0 aliphatic carbocycles. The fraction of sp³-hybridized carbons (Fsp3) is 0.222. The molecule has 6 aromatic heterocycles. The summed E-state index contributed by atoms with van der Waals surface area (Å²) in [6, 6.07) is 6.81. The summed E-state index contributed by atoms with van der Waals surface area (Å²) in [5, 5.41) is 15.0. The molecule has 1 fully saturated rings. The molecule has 2 atom stereocenters. The smallest absolute Gasteiger partial charge is 0.299 e. The predicted molar refractivity (Wildman–Crippen MR) is 148 cm³/mol. The molecule has 6 aromatic rings. The molecule has 15 heteroatoms. The number of nitrogen functional groups attached to an aromatic ring is 1. The van der Waals surface area contributed by atoms with Crippen molar-refractivity contribution in [2.45, 2.75) is 18.9 Å². The molecule has 13 nitrogen and oxygen atoms in total. The highest BCUT2D eigenvalue weighted by atomic mass is 19.1. The number of nitriles is 1. The van der Waals surface area contributed by atoms with Crippen LogP contribution in [-0.2, 0) is 0 Å². The van der Waals surface area contributed by atoms with Gasteiger partial charge >= 0.3 is 0 Å². The predicted octanol–water partition coefficient (Wildman–Crippen LogP) is 3.57. The Hall–Kier alpha value is -5.65. The van der Waals surface area contributed by atoms with Crippen molar-refractivity contribution in [1.82, 2.24) is 39.7 Å². The van der Waals surface area contributed by atoms with Crippen LogP contribution in [0.4, 0.5) is 20.5 Å². The second-order valence-corrected chi connectivity index (χ2v) is 9.67. The number of aromatic nitrogens is 8. The number of halogens is 2. The summed E-state index contributed by atoms with van der Waals surface area (Å²) in [7, 11) is 0. The molecule has 0 saturated carbocycles. The van der Waals surface area contributed by atoms with Crippen molar-refractivity contribution in [2.75, 3.05) is 23.7 Å². The number of nitrogens with zero attached hydrogens (tertiary/aromatic N) is 8. The Bertz CT molecular complexity index is 1970. The minimum absolute atomic E-state index is 0.102. The molecule has 1 aliphatic rings. The van der Waals surface area contributed by atoms with Gasteiger partial charge in [-0.3, -0.25) is 9.48 Å². The molecule has 0 spiro atoms. The Kier molecular flexibility index (Phi) is 7.01. The Morgan fingerprint density at radius 1 is 1.19 bits per heavy atom. The topological polar surface area (TPSA) is 184 Å². The highest BCUT2D eigenvalue weighted by Crippen LogP contribution is 2.34. The summed E-state index contributed by atoms with van der Waals surface area (Å²) in [6.07, 6.45) is 10.3. The van der Waals surface area contributed by atoms with E-state index in [0.717, 1.165) is 47.2 Å². The van der Waals surface area contributed by atoms with Crippen LogP contribution in [0.2, 0.25) is 0 Å². The molecular formula is C27H23F2N11O2. The highest BCUT2D eigenvalue weighted by Gasteiger charge is 2.33. The first kappa shape index (κ1) is 26.6. The maximum atomic E-state index is 13.4. The molecule has 7 heterocycles. The van der Waals surface area contributed by atoms with Crippen molar-refractivity contribution in [2.24, 2.45) is 5.92 Å². The lowest BCUT2D eigenvalue weighted by Gasteiger charge is -2.22. The van der Waals surface area contributed by atoms with Gasteiger partial charge in [0.05, 0.1) is 36.6 Å². The lowest BCUT2D eigenvalue weighted by Crippen LogP contribution is -2.25. The number of hydrogen-bond donors (Lipinski definition) is 3. The van der Waals surface area contributed by atoms with Crippen LogP contribution in [-0.4, -0.2) is 52.8 Å². The summed E-state index contributed by atoms with van der Waals surface area (Å²) in [4.78, 5) is 34.6. The molecule has 7 rings (SSSR count). The number of fused-ring (bicyclic) bond motifs is 2. The van der Waals surface area contributed by atoms with E-state index in [0.29, 0.717) is 36.8 Å². The molecule has 0 aromatic carbocycles. The Morgan fingerprint density at radius 2 is 2.07 bits per heavy atom. The Morgan fingerprint density at radius 3 is 2.88 bits per heavy atom. The molecule has 212 valence electrons. The van der Waals surface area contributed by atoms with E-state index in [9.17, 15) is 18.8 Å². The summed E-state index contributed by atoms with van der Waals surface area (Å²) in [5.41, 5.74) is 7.59. The van der Waals surface area contributed by atoms with E-state index in [-0.39, 0.29) is 17.6 Å². The molecule has 2 unspecified atom stereocenters. The first-order valence-electron chi connectivity index (χ1n) is 12.9. The van der Waals surface area contributed by atoms with Crippen molar-refractivity contribution in [3.05, 3.63) is 77.5 Å². The van der Waals surface area contributed by atoms with Gasteiger partial charge < -0.3 is 25.0 Å². The van der Waals surface area contributed by atoms with Crippen LogP contribution in [0.25, 0.3) is 33.5 Å². The number of nitrogens with one attached hydrogen (secondary N) is 2. The van der Waals surface area contributed by atoms with Gasteiger partial charge in [0.25, 0.3) is 11.6 Å². The highest BCUT2D eigenvalue weighted by molar-refractivity contribution is 5.90. The quantitative estimate of drug-likeness (QED) is 0.276. The molecule has 0 radical (unpaired) electrons. The Balaban J connectivity index is 0.000000302. The third-order valence-electron chi connectivity index (χ3n) is 7.01. The summed E-state index contributed by atoms with van der Waals surface area (Å²) in [5.74, 6) is -0.826. The first-order chi connectivity index (χ1) is 20.4. The lowest BCUT2D eigenvalue weighted by atomic mass is 9.96. The van der Waals surface area contributed by atoms with Gasteiger partial charge in [-0.1, -0.05) is 0 Å². The molecule has 1 saturated heterocycles. The average Bonchev–Trinajstić information content (AvgIpc) is 3.80. The normalized spacial score (nSPS) is 15.5. The van der Waals surface area contributed by atoms with Crippen LogP contribution >= 0.6 is 0 Å². The third-order valence-corrected chi connectivity index (χ3v) is 7.01. The zero-order chi connectivity index (χ0) is 29.2. The number of oxazole rings is 1. The monoisotopic (exact) mass is 571 g/mol. The van der Waals surface area contributed by atoms with Gasteiger partial charge in [-0.05, 0) is 12.5 Å². The number of anilines is 2. The fourth-order valence-corrected chi connectivity index (χ4v) is 4.98. The van der Waals surface area contributed by atoms with Gasteiger partial charge in [0.2, 0.25) is 5.71 Å². The van der Waals surface area contributed by atoms with Crippen LogP contribution in [0.1, 0.15) is 18.9 Å². The van der Waals surface area contributed by atoms with Crippen LogP contribution in [0, 0.1) is 28.9 Å². The number of H-pyrrole nitrogens is 2. The van der Waals surface area contributed by atoms with Gasteiger partial charge in [-0.15, -0.1) is 0 Å². The van der Waals surface area contributed by atoms with E-state index in [1.807, 2.05) is 28.0 Å². The van der Waals surface area contributed by atoms with Gasteiger partial charge in [-0.2, -0.15) is 15.3 Å². The number of aromatic amines is 2. The van der Waals surface area contributed by atoms with Crippen LogP contribution in [0.5, 0.6) is 0 Å². The SMILES string of the molecule is N#CCC(C1CCN(c2nc3cc(F)cnc3o2)C1)n1cc(-c2ncnc3[nH]ccc23)cn1.Nc1cc(F)c[nH]c1=O. The minimum atomic E-state index is -0.535. The van der Waals surface area contributed by atoms with Gasteiger partial charge in [0.15, 0.2) is 0 Å². The summed E-state index contributed by atoms with van der Waals surface area (Å²) >= 11 is 0. The number of hydrogen-bond acceptors (Lipinski definition) is 10. The summed E-state index contributed by atoms with van der Waals surface area (Å²) in [6.45, 7) is 1.36. The maximum Gasteiger partial charge on any atom is 0.299 e. The largest absolute Gasteiger partial charge is 0.404 e. The first-order valence-corrected chi connectivity index (χ1v) is 12.9. The van der Waals surface area contributed by atoms with Crippen molar-refractivity contribution in [3.63, 3.8) is 0 Å². The average molecular weight is 572 g/mol. The second kappa shape index (κ2) is 11.1. The van der Waals surface area contributed by atoms with Crippen molar-refractivity contribution in [1.29, 1.82) is 5.26 Å². The standard InChI is InChI=1S/C22H18FN9O.C5H5FN2O/c23-15-7-17-21(26-9-15)33-22(30-17)31-6-3-13(10-31)18(1-4-24)32-11-14(8-29-32)19-16-2-5-25-20(16)28-12-27-19;6-3-1-4(7)5(9)8-2-3/h2,5,7-9,11-13,18H,1,3,6,10H2,(H,25,27,28);1-2H,7H2,(H,8,9). The van der Waals surface area contributed by atoms with E-state index >= 15 is 0 Å². The van der Waals surface area contributed by atoms with E-state index in [2.05, 4.69) is 41.1 Å². The van der Waals surface area contributed by atoms with Crippen molar-refractivity contribution in [3.8, 4) is 17.3 Å². The molecule has 0 amide bonds. The lowest BCUT2D eigenvalue weighted by molar-refractivity contribution is 0.331. The van der Waals surface area contributed by atoms with Crippen LogP contribution in [0.15, 0.2) is 64.7 Å². The fourth-order valence-electron chi connectivity index (χ4n) is 4.98. The Labute approximate surface area is 235 Å². The van der Waals surface area contributed by atoms with Gasteiger partial charge in [0, 0.05) is 60.7 Å². The molecular weight excluding hydrogens is 548 g/mol. The van der Waals surface area contributed by atoms with Gasteiger partial charge in [-0.25, -0.2) is 23.7 Å². The maximum absolute atomic E-state index is 13.4.